The zero-order valence-electron chi connectivity index (χ0n) is 10.6. The highest BCUT2D eigenvalue weighted by molar-refractivity contribution is 9.10. The minimum atomic E-state index is 0.755. The first-order valence-corrected chi connectivity index (χ1v) is 8.86. The van der Waals surface area contributed by atoms with Crippen LogP contribution in [0, 0.1) is 0 Å². The molecule has 2 aliphatic rings. The molecule has 1 saturated heterocycles. The van der Waals surface area contributed by atoms with Crippen molar-refractivity contribution in [2.45, 2.75) is 43.7 Å². The predicted octanol–water partition coefficient (Wildman–Crippen LogP) is 4.18. The van der Waals surface area contributed by atoms with Crippen molar-refractivity contribution >= 4 is 27.7 Å². The Morgan fingerprint density at radius 3 is 2.72 bits per heavy atom. The molecule has 1 N–H and O–H groups in total. The summed E-state index contributed by atoms with van der Waals surface area (Å²) in [6.07, 6.45) is 5.39. The van der Waals surface area contributed by atoms with Crippen molar-refractivity contribution in [1.29, 1.82) is 0 Å². The molecule has 1 nitrogen and oxygen atoms in total. The van der Waals surface area contributed by atoms with Gasteiger partial charge in [0.05, 0.1) is 0 Å². The lowest BCUT2D eigenvalue weighted by Gasteiger charge is -2.40. The van der Waals surface area contributed by atoms with Crippen molar-refractivity contribution in [3.63, 3.8) is 0 Å². The third-order valence-electron chi connectivity index (χ3n) is 4.11. The predicted molar refractivity (Wildman–Crippen MR) is 83.4 cm³/mol. The Balaban J connectivity index is 1.49. The second-order valence-corrected chi connectivity index (χ2v) is 7.47. The molecule has 1 heterocycles. The molecule has 3 rings (SSSR count). The molecule has 0 radical (unpaired) electrons. The molecular formula is C15H20BrNS. The zero-order valence-corrected chi connectivity index (χ0v) is 13.0. The lowest BCUT2D eigenvalue weighted by atomic mass is 9.75. The quantitative estimate of drug-likeness (QED) is 0.894. The number of hydrogen-bond donors (Lipinski definition) is 1. The van der Waals surface area contributed by atoms with Crippen LogP contribution in [0.3, 0.4) is 0 Å². The van der Waals surface area contributed by atoms with Gasteiger partial charge in [-0.1, -0.05) is 34.1 Å². The van der Waals surface area contributed by atoms with Crippen LogP contribution in [-0.4, -0.2) is 23.6 Å². The molecule has 3 heteroatoms. The van der Waals surface area contributed by atoms with Gasteiger partial charge in [-0.3, -0.25) is 0 Å². The number of halogens is 1. The van der Waals surface area contributed by atoms with E-state index in [4.69, 9.17) is 0 Å². The van der Waals surface area contributed by atoms with Crippen molar-refractivity contribution in [2.75, 3.05) is 11.5 Å². The Kier molecular flexibility index (Phi) is 4.32. The molecule has 0 aromatic heterocycles. The molecule has 2 fully saturated rings. The first kappa shape index (κ1) is 13.0. The fourth-order valence-corrected chi connectivity index (χ4v) is 4.71. The Bertz CT molecular complexity index is 397. The minimum Gasteiger partial charge on any atom is -0.310 e. The summed E-state index contributed by atoms with van der Waals surface area (Å²) in [6, 6.07) is 10.2. The van der Waals surface area contributed by atoms with E-state index in [0.717, 1.165) is 18.0 Å². The van der Waals surface area contributed by atoms with Crippen LogP contribution in [0.5, 0.6) is 0 Å². The Morgan fingerprint density at radius 1 is 1.17 bits per heavy atom. The summed E-state index contributed by atoms with van der Waals surface area (Å²) >= 11 is 5.78. The average Bonchev–Trinajstić information content (AvgIpc) is 2.36. The summed E-state index contributed by atoms with van der Waals surface area (Å²) in [5.74, 6) is 3.44. The van der Waals surface area contributed by atoms with Crippen LogP contribution < -0.4 is 5.32 Å². The van der Waals surface area contributed by atoms with E-state index in [9.17, 15) is 0 Å². The van der Waals surface area contributed by atoms with E-state index in [0.29, 0.717) is 0 Å². The molecule has 1 atom stereocenters. The highest BCUT2D eigenvalue weighted by Gasteiger charge is 2.32. The van der Waals surface area contributed by atoms with Crippen LogP contribution in [0.15, 0.2) is 28.7 Å². The smallest absolute Gasteiger partial charge is 0.0210 e. The fraction of sp³-hybridized carbons (Fsp3) is 0.600. The molecule has 1 aromatic rings. The van der Waals surface area contributed by atoms with Gasteiger partial charge in [0.1, 0.15) is 0 Å². The monoisotopic (exact) mass is 325 g/mol. The van der Waals surface area contributed by atoms with Crippen LogP contribution >= 0.6 is 27.7 Å². The molecule has 1 saturated carbocycles. The zero-order chi connectivity index (χ0) is 12.4. The maximum atomic E-state index is 3.84. The third-order valence-corrected chi connectivity index (χ3v) is 6.05. The second kappa shape index (κ2) is 5.98. The summed E-state index contributed by atoms with van der Waals surface area (Å²) in [4.78, 5) is 0. The van der Waals surface area contributed by atoms with Gasteiger partial charge < -0.3 is 5.32 Å². The maximum Gasteiger partial charge on any atom is 0.0210 e. The molecular weight excluding hydrogens is 306 g/mol. The van der Waals surface area contributed by atoms with Gasteiger partial charge in [0.25, 0.3) is 0 Å². The first-order chi connectivity index (χ1) is 8.83. The van der Waals surface area contributed by atoms with E-state index in [1.165, 1.54) is 47.2 Å². The topological polar surface area (TPSA) is 12.0 Å². The fourth-order valence-electron chi connectivity index (χ4n) is 3.02. The van der Waals surface area contributed by atoms with Gasteiger partial charge in [-0.15, -0.1) is 0 Å². The van der Waals surface area contributed by atoms with E-state index in [-0.39, 0.29) is 0 Å². The lowest BCUT2D eigenvalue weighted by Crippen LogP contribution is -2.47. The summed E-state index contributed by atoms with van der Waals surface area (Å²) in [7, 11) is 0. The molecule has 1 unspecified atom stereocenters. The molecule has 1 aliphatic heterocycles. The molecule has 0 spiro atoms. The summed E-state index contributed by atoms with van der Waals surface area (Å²) < 4.78 is 1.28. The van der Waals surface area contributed by atoms with E-state index in [1.54, 1.807) is 0 Å². The van der Waals surface area contributed by atoms with Crippen molar-refractivity contribution in [3.8, 4) is 0 Å². The van der Waals surface area contributed by atoms with Crippen molar-refractivity contribution in [3.05, 3.63) is 34.3 Å². The second-order valence-electron chi connectivity index (χ2n) is 5.47. The van der Waals surface area contributed by atoms with E-state index < -0.39 is 0 Å². The Labute approximate surface area is 122 Å². The van der Waals surface area contributed by atoms with E-state index >= 15 is 0 Å². The highest BCUT2D eigenvalue weighted by atomic mass is 79.9. The number of hydrogen-bond acceptors (Lipinski definition) is 2. The summed E-state index contributed by atoms with van der Waals surface area (Å²) in [5, 5.41) is 3.84. The van der Waals surface area contributed by atoms with Gasteiger partial charge in [-0.25, -0.2) is 0 Å². The molecule has 1 aliphatic carbocycles. The molecule has 1 aromatic carbocycles. The van der Waals surface area contributed by atoms with Crippen molar-refractivity contribution < 1.29 is 0 Å². The number of benzene rings is 1. The lowest BCUT2D eigenvalue weighted by molar-refractivity contribution is 0.264. The van der Waals surface area contributed by atoms with Gasteiger partial charge in [0, 0.05) is 22.3 Å². The highest BCUT2D eigenvalue weighted by Crippen LogP contribution is 2.40. The van der Waals surface area contributed by atoms with Crippen LogP contribution in [-0.2, 0) is 0 Å². The standard InChI is InChI=1S/C15H20BrNS/c16-15-6-2-1-5-14(15)11-8-13(9-11)17-12-4-3-7-18-10-12/h1-2,5-6,11-13,17H,3-4,7-10H2. The van der Waals surface area contributed by atoms with Gasteiger partial charge in [0.2, 0.25) is 0 Å². The molecule has 0 bridgehead atoms. The van der Waals surface area contributed by atoms with Crippen LogP contribution in [0.4, 0.5) is 0 Å². The van der Waals surface area contributed by atoms with Gasteiger partial charge in [-0.2, -0.15) is 11.8 Å². The molecule has 0 amide bonds. The van der Waals surface area contributed by atoms with Crippen molar-refractivity contribution in [2.24, 2.45) is 0 Å². The van der Waals surface area contributed by atoms with Gasteiger partial charge in [0.15, 0.2) is 0 Å². The first-order valence-electron chi connectivity index (χ1n) is 6.91. The van der Waals surface area contributed by atoms with Gasteiger partial charge in [-0.05, 0) is 49.0 Å². The molecule has 18 heavy (non-hydrogen) atoms. The summed E-state index contributed by atoms with van der Waals surface area (Å²) in [5.41, 5.74) is 1.49. The van der Waals surface area contributed by atoms with E-state index in [1.807, 2.05) is 0 Å². The van der Waals surface area contributed by atoms with E-state index in [2.05, 4.69) is 57.3 Å². The Hall–Kier alpha value is 0.01000. The van der Waals surface area contributed by atoms with Crippen molar-refractivity contribution in [1.82, 2.24) is 5.32 Å². The number of rotatable bonds is 3. The number of thioether (sulfide) groups is 1. The number of nitrogens with one attached hydrogen (secondary N) is 1. The summed E-state index contributed by atoms with van der Waals surface area (Å²) in [6.45, 7) is 0. The van der Waals surface area contributed by atoms with Crippen LogP contribution in [0.1, 0.15) is 37.2 Å². The average molecular weight is 326 g/mol. The largest absolute Gasteiger partial charge is 0.310 e. The van der Waals surface area contributed by atoms with Gasteiger partial charge >= 0.3 is 0 Å². The minimum absolute atomic E-state index is 0.755. The normalized spacial score (nSPS) is 31.9. The molecule has 98 valence electrons. The van der Waals surface area contributed by atoms with Crippen LogP contribution in [0.25, 0.3) is 0 Å². The maximum absolute atomic E-state index is 3.84. The SMILES string of the molecule is Brc1ccccc1C1CC(NC2CCCSC2)C1. The van der Waals surface area contributed by atoms with Crippen LogP contribution in [0.2, 0.25) is 0 Å². The Morgan fingerprint density at radius 2 is 2.00 bits per heavy atom. The third kappa shape index (κ3) is 2.94.